The van der Waals surface area contributed by atoms with Crippen molar-refractivity contribution in [3.8, 4) is 0 Å². The van der Waals surface area contributed by atoms with E-state index in [2.05, 4.69) is 29.8 Å². The zero-order valence-electron chi connectivity index (χ0n) is 18.2. The summed E-state index contributed by atoms with van der Waals surface area (Å²) >= 11 is 0. The molecule has 0 bridgehead atoms. The Labute approximate surface area is 189 Å². The van der Waals surface area contributed by atoms with Crippen LogP contribution in [0.4, 0.5) is 16.3 Å². The van der Waals surface area contributed by atoms with Crippen molar-refractivity contribution in [1.29, 1.82) is 0 Å². The number of aryl methyl sites for hydroxylation is 2. The number of halogens is 1. The standard InChI is InChI=1S/C23H28N4O3.ClH/c1-4-18-13-16(2)14-24-21(18)25-9-11-26(12-10-25)22(28)19-5-7-20(8-6-19)27-17(3)15-30-23(27)29;/h5-8,13-14,17H,4,9-12,15H2,1-3H3;1H/t17-;/m1./s1. The Hall–Kier alpha value is -2.80. The van der Waals surface area contributed by atoms with Crippen molar-refractivity contribution >= 4 is 35.9 Å². The molecule has 2 saturated heterocycles. The molecular weight excluding hydrogens is 416 g/mol. The summed E-state index contributed by atoms with van der Waals surface area (Å²) in [6.07, 6.45) is 2.51. The summed E-state index contributed by atoms with van der Waals surface area (Å²) < 4.78 is 5.08. The number of carbonyl (C=O) groups is 2. The summed E-state index contributed by atoms with van der Waals surface area (Å²) in [5.41, 5.74) is 3.81. The Balaban J connectivity index is 0.00000272. The van der Waals surface area contributed by atoms with Crippen LogP contribution in [0, 0.1) is 6.92 Å². The molecule has 2 aliphatic heterocycles. The topological polar surface area (TPSA) is 66.0 Å². The van der Waals surface area contributed by atoms with Gasteiger partial charge in [-0.15, -0.1) is 12.4 Å². The lowest BCUT2D eigenvalue weighted by Crippen LogP contribution is -2.49. The van der Waals surface area contributed by atoms with Gasteiger partial charge in [0.15, 0.2) is 0 Å². The molecule has 0 saturated carbocycles. The van der Waals surface area contributed by atoms with Gasteiger partial charge in [0.25, 0.3) is 5.91 Å². The van der Waals surface area contributed by atoms with E-state index >= 15 is 0 Å². The first kappa shape index (κ1) is 22.9. The molecule has 2 aromatic rings. The van der Waals surface area contributed by atoms with Gasteiger partial charge in [-0.05, 0) is 55.7 Å². The van der Waals surface area contributed by atoms with Crippen molar-refractivity contribution in [1.82, 2.24) is 9.88 Å². The predicted octanol–water partition coefficient (Wildman–Crippen LogP) is 3.68. The minimum absolute atomic E-state index is 0. The average molecular weight is 445 g/mol. The van der Waals surface area contributed by atoms with Gasteiger partial charge < -0.3 is 14.5 Å². The molecule has 0 unspecified atom stereocenters. The van der Waals surface area contributed by atoms with Crippen LogP contribution in [0.25, 0.3) is 0 Å². The van der Waals surface area contributed by atoms with E-state index in [9.17, 15) is 9.59 Å². The van der Waals surface area contributed by atoms with E-state index in [-0.39, 0.29) is 30.4 Å². The molecule has 1 aromatic carbocycles. The van der Waals surface area contributed by atoms with Gasteiger partial charge in [-0.3, -0.25) is 9.69 Å². The van der Waals surface area contributed by atoms with Crippen molar-refractivity contribution in [2.45, 2.75) is 33.2 Å². The van der Waals surface area contributed by atoms with Crippen molar-refractivity contribution in [2.75, 3.05) is 42.6 Å². The predicted molar refractivity (Wildman–Crippen MR) is 123 cm³/mol. The summed E-state index contributed by atoms with van der Waals surface area (Å²) in [6.45, 7) is 9.39. The number of hydrogen-bond donors (Lipinski definition) is 0. The third kappa shape index (κ3) is 4.61. The van der Waals surface area contributed by atoms with Crippen molar-refractivity contribution < 1.29 is 14.3 Å². The first-order valence-corrected chi connectivity index (χ1v) is 10.5. The van der Waals surface area contributed by atoms with Gasteiger partial charge in [0.05, 0.1) is 6.04 Å². The van der Waals surface area contributed by atoms with E-state index < -0.39 is 0 Å². The number of rotatable bonds is 4. The van der Waals surface area contributed by atoms with Gasteiger partial charge >= 0.3 is 6.09 Å². The number of anilines is 2. The molecule has 1 aromatic heterocycles. The zero-order chi connectivity index (χ0) is 21.3. The molecule has 31 heavy (non-hydrogen) atoms. The van der Waals surface area contributed by atoms with E-state index in [1.165, 1.54) is 11.1 Å². The number of amides is 2. The fourth-order valence-corrected chi connectivity index (χ4v) is 4.11. The lowest BCUT2D eigenvalue weighted by atomic mass is 10.1. The first-order valence-electron chi connectivity index (χ1n) is 10.5. The van der Waals surface area contributed by atoms with Gasteiger partial charge in [0.2, 0.25) is 0 Å². The number of nitrogens with zero attached hydrogens (tertiary/aromatic N) is 4. The summed E-state index contributed by atoms with van der Waals surface area (Å²) in [6, 6.07) is 9.40. The van der Waals surface area contributed by atoms with E-state index in [0.29, 0.717) is 25.3 Å². The summed E-state index contributed by atoms with van der Waals surface area (Å²) in [7, 11) is 0. The average Bonchev–Trinajstić information content (AvgIpc) is 3.11. The maximum absolute atomic E-state index is 13.0. The van der Waals surface area contributed by atoms with Crippen LogP contribution >= 0.6 is 12.4 Å². The normalized spacial score (nSPS) is 18.6. The molecule has 3 heterocycles. The molecule has 166 valence electrons. The molecular formula is C23H29ClN4O3. The largest absolute Gasteiger partial charge is 0.447 e. The van der Waals surface area contributed by atoms with Gasteiger partial charge in [0, 0.05) is 43.6 Å². The molecule has 0 radical (unpaired) electrons. The van der Waals surface area contributed by atoms with E-state index in [1.54, 1.807) is 17.0 Å². The third-order valence-corrected chi connectivity index (χ3v) is 5.80. The molecule has 1 atom stereocenters. The lowest BCUT2D eigenvalue weighted by molar-refractivity contribution is 0.0746. The highest BCUT2D eigenvalue weighted by Crippen LogP contribution is 2.25. The molecule has 8 heteroatoms. The highest BCUT2D eigenvalue weighted by molar-refractivity contribution is 5.96. The summed E-state index contributed by atoms with van der Waals surface area (Å²) in [5.74, 6) is 1.05. The second-order valence-electron chi connectivity index (χ2n) is 7.97. The SMILES string of the molecule is CCc1cc(C)cnc1N1CCN(C(=O)c2ccc(N3C(=O)OC[C@H]3C)cc2)CC1.Cl. The quantitative estimate of drug-likeness (QED) is 0.719. The second-order valence-corrected chi connectivity index (χ2v) is 7.97. The summed E-state index contributed by atoms with van der Waals surface area (Å²) in [5, 5.41) is 0. The van der Waals surface area contributed by atoms with Crippen LogP contribution < -0.4 is 9.80 Å². The number of ether oxygens (including phenoxy) is 1. The Bertz CT molecular complexity index is 942. The molecule has 2 fully saturated rings. The number of benzene rings is 1. The molecule has 0 spiro atoms. The summed E-state index contributed by atoms with van der Waals surface area (Å²) in [4.78, 5) is 35.3. The third-order valence-electron chi connectivity index (χ3n) is 5.80. The second kappa shape index (κ2) is 9.56. The van der Waals surface area contributed by atoms with Gasteiger partial charge in [-0.25, -0.2) is 9.78 Å². The van der Waals surface area contributed by atoms with Crippen LogP contribution in [0.5, 0.6) is 0 Å². The van der Waals surface area contributed by atoms with Crippen LogP contribution in [0.15, 0.2) is 36.5 Å². The fourth-order valence-electron chi connectivity index (χ4n) is 4.11. The highest BCUT2D eigenvalue weighted by atomic mass is 35.5. The smallest absolute Gasteiger partial charge is 0.414 e. The van der Waals surface area contributed by atoms with Crippen molar-refractivity contribution in [3.05, 3.63) is 53.2 Å². The van der Waals surface area contributed by atoms with E-state index in [4.69, 9.17) is 4.74 Å². The number of piperazine rings is 1. The van der Waals surface area contributed by atoms with E-state index in [0.717, 1.165) is 31.0 Å². The van der Waals surface area contributed by atoms with Crippen molar-refractivity contribution in [2.24, 2.45) is 0 Å². The Morgan fingerprint density at radius 3 is 2.42 bits per heavy atom. The van der Waals surface area contributed by atoms with Gasteiger partial charge in [0.1, 0.15) is 12.4 Å². The van der Waals surface area contributed by atoms with E-state index in [1.807, 2.05) is 30.2 Å². The Kier molecular flexibility index (Phi) is 7.05. The minimum Gasteiger partial charge on any atom is -0.447 e. The molecule has 2 aliphatic rings. The number of cyclic esters (lactones) is 1. The lowest BCUT2D eigenvalue weighted by Gasteiger charge is -2.36. The fraction of sp³-hybridized carbons (Fsp3) is 0.435. The zero-order valence-corrected chi connectivity index (χ0v) is 19.0. The minimum atomic E-state index is -0.339. The Morgan fingerprint density at radius 1 is 1.16 bits per heavy atom. The monoisotopic (exact) mass is 444 g/mol. The van der Waals surface area contributed by atoms with Gasteiger partial charge in [-0.2, -0.15) is 0 Å². The highest BCUT2D eigenvalue weighted by Gasteiger charge is 2.31. The molecule has 4 rings (SSSR count). The molecule has 2 amide bonds. The van der Waals surface area contributed by atoms with Crippen LogP contribution in [-0.2, 0) is 11.2 Å². The van der Waals surface area contributed by atoms with Crippen LogP contribution in [0.2, 0.25) is 0 Å². The molecule has 7 nitrogen and oxygen atoms in total. The number of aromatic nitrogens is 1. The molecule has 0 aliphatic carbocycles. The molecule has 0 N–H and O–H groups in total. The maximum atomic E-state index is 13.0. The maximum Gasteiger partial charge on any atom is 0.414 e. The number of pyridine rings is 1. The van der Waals surface area contributed by atoms with Crippen LogP contribution in [0.3, 0.4) is 0 Å². The van der Waals surface area contributed by atoms with Gasteiger partial charge in [-0.1, -0.05) is 13.0 Å². The van der Waals surface area contributed by atoms with Crippen molar-refractivity contribution in [3.63, 3.8) is 0 Å². The van der Waals surface area contributed by atoms with Crippen LogP contribution in [-0.4, -0.2) is 60.7 Å². The van der Waals surface area contributed by atoms with Crippen LogP contribution in [0.1, 0.15) is 35.3 Å². The Morgan fingerprint density at radius 2 is 1.84 bits per heavy atom. The first-order chi connectivity index (χ1) is 14.5. The number of hydrogen-bond acceptors (Lipinski definition) is 5. The number of carbonyl (C=O) groups excluding carboxylic acids is 2.